The molecular formula is C30H33N3O3. The van der Waals surface area contributed by atoms with Gasteiger partial charge in [0.25, 0.3) is 0 Å². The highest BCUT2D eigenvalue weighted by molar-refractivity contribution is 5.41. The van der Waals surface area contributed by atoms with Crippen molar-refractivity contribution in [3.8, 4) is 28.6 Å². The van der Waals surface area contributed by atoms with E-state index in [1.165, 1.54) is 12.8 Å². The molecule has 3 aromatic carbocycles. The van der Waals surface area contributed by atoms with Crippen LogP contribution in [0.2, 0.25) is 0 Å². The predicted octanol–water partition coefficient (Wildman–Crippen LogP) is 5.92. The van der Waals surface area contributed by atoms with E-state index >= 15 is 0 Å². The lowest BCUT2D eigenvalue weighted by molar-refractivity contribution is 0.168. The molecule has 1 aliphatic heterocycles. The van der Waals surface area contributed by atoms with Crippen LogP contribution in [-0.4, -0.2) is 39.8 Å². The first-order chi connectivity index (χ1) is 17.6. The van der Waals surface area contributed by atoms with E-state index in [0.29, 0.717) is 18.6 Å². The molecule has 1 aromatic heterocycles. The summed E-state index contributed by atoms with van der Waals surface area (Å²) in [5, 5.41) is 0. The highest BCUT2D eigenvalue weighted by Gasteiger charge is 2.26. The van der Waals surface area contributed by atoms with Crippen molar-refractivity contribution in [2.24, 2.45) is 5.92 Å². The molecule has 0 amide bonds. The van der Waals surface area contributed by atoms with Gasteiger partial charge in [0.2, 0.25) is 0 Å². The Morgan fingerprint density at radius 1 is 0.806 bits per heavy atom. The van der Waals surface area contributed by atoms with Gasteiger partial charge >= 0.3 is 5.69 Å². The summed E-state index contributed by atoms with van der Waals surface area (Å²) >= 11 is 0. The number of hydrogen-bond donors (Lipinski definition) is 0. The van der Waals surface area contributed by atoms with Crippen molar-refractivity contribution in [3.63, 3.8) is 0 Å². The topological polar surface area (TPSA) is 48.6 Å². The molecular weight excluding hydrogens is 450 g/mol. The molecule has 1 aliphatic rings. The van der Waals surface area contributed by atoms with Gasteiger partial charge in [-0.15, -0.1) is 0 Å². The maximum absolute atomic E-state index is 13.1. The average Bonchev–Trinajstić information content (AvgIpc) is 3.53. The van der Waals surface area contributed by atoms with Gasteiger partial charge in [-0.1, -0.05) is 32.0 Å². The summed E-state index contributed by atoms with van der Waals surface area (Å²) in [6.07, 6.45) is 6.12. The van der Waals surface area contributed by atoms with Crippen molar-refractivity contribution in [1.82, 2.24) is 14.0 Å². The van der Waals surface area contributed by atoms with E-state index in [2.05, 4.69) is 18.7 Å². The second-order valence-electron chi connectivity index (χ2n) is 9.56. The predicted molar refractivity (Wildman–Crippen MR) is 143 cm³/mol. The summed E-state index contributed by atoms with van der Waals surface area (Å²) in [4.78, 5) is 15.6. The maximum atomic E-state index is 13.1. The first-order valence-electron chi connectivity index (χ1n) is 12.7. The zero-order valence-corrected chi connectivity index (χ0v) is 20.9. The molecule has 5 rings (SSSR count). The van der Waals surface area contributed by atoms with E-state index in [1.807, 2.05) is 78.9 Å². The normalized spacial score (nSPS) is 15.9. The number of para-hydroxylation sites is 1. The van der Waals surface area contributed by atoms with Crippen LogP contribution in [0.25, 0.3) is 11.4 Å². The molecule has 6 heteroatoms. The summed E-state index contributed by atoms with van der Waals surface area (Å²) < 4.78 is 15.1. The molecule has 36 heavy (non-hydrogen) atoms. The average molecular weight is 484 g/mol. The molecule has 1 fully saturated rings. The number of rotatable bonds is 9. The molecule has 1 unspecified atom stereocenters. The lowest BCUT2D eigenvalue weighted by Gasteiger charge is -2.27. The summed E-state index contributed by atoms with van der Waals surface area (Å²) in [5.41, 5.74) is 1.45. The van der Waals surface area contributed by atoms with Crippen LogP contribution >= 0.6 is 0 Å². The molecule has 0 spiro atoms. The first-order valence-corrected chi connectivity index (χ1v) is 12.7. The van der Waals surface area contributed by atoms with Gasteiger partial charge < -0.3 is 9.47 Å². The van der Waals surface area contributed by atoms with E-state index < -0.39 is 0 Å². The van der Waals surface area contributed by atoms with Gasteiger partial charge in [0.05, 0.1) is 11.4 Å². The zero-order valence-electron chi connectivity index (χ0n) is 20.9. The number of nitrogens with zero attached hydrogens (tertiary/aromatic N) is 3. The van der Waals surface area contributed by atoms with Crippen LogP contribution in [0.4, 0.5) is 0 Å². The van der Waals surface area contributed by atoms with Gasteiger partial charge in [0, 0.05) is 25.0 Å². The fourth-order valence-electron chi connectivity index (χ4n) is 4.94. The molecule has 0 radical (unpaired) electrons. The van der Waals surface area contributed by atoms with E-state index in [4.69, 9.17) is 9.47 Å². The van der Waals surface area contributed by atoms with Crippen LogP contribution in [0.5, 0.6) is 17.2 Å². The number of benzene rings is 3. The van der Waals surface area contributed by atoms with Crippen molar-refractivity contribution >= 4 is 0 Å². The maximum Gasteiger partial charge on any atom is 0.337 e. The highest BCUT2D eigenvalue weighted by atomic mass is 16.5. The quantitative estimate of drug-likeness (QED) is 0.297. The van der Waals surface area contributed by atoms with E-state index in [1.54, 1.807) is 21.5 Å². The van der Waals surface area contributed by atoms with Crippen LogP contribution in [-0.2, 0) is 0 Å². The number of imidazole rings is 1. The van der Waals surface area contributed by atoms with E-state index in [-0.39, 0.29) is 5.69 Å². The van der Waals surface area contributed by atoms with E-state index in [9.17, 15) is 4.79 Å². The van der Waals surface area contributed by atoms with Gasteiger partial charge in [-0.25, -0.2) is 4.79 Å². The molecule has 0 bridgehead atoms. The van der Waals surface area contributed by atoms with Gasteiger partial charge in [-0.05, 0) is 86.0 Å². The number of likely N-dealkylation sites (tertiary alicyclic amines) is 1. The molecule has 0 N–H and O–H groups in total. The second-order valence-corrected chi connectivity index (χ2v) is 9.56. The molecule has 2 heterocycles. The largest absolute Gasteiger partial charge is 0.492 e. The molecule has 1 atom stereocenters. The zero-order chi connectivity index (χ0) is 24.9. The first kappa shape index (κ1) is 23.9. The standard InChI is InChI=1S/C30H33N3O3/c1-23(2)29-9-6-18-31(29)21-22-35-26-14-10-24(11-15-26)32-19-20-33(30(32)34)25-12-16-28(17-13-25)36-27-7-4-3-5-8-27/h3-5,7-8,10-17,19-20,23,29H,6,9,18,21-22H2,1-2H3. The molecule has 0 aliphatic carbocycles. The van der Waals surface area contributed by atoms with Crippen LogP contribution in [0.1, 0.15) is 26.7 Å². The number of aromatic nitrogens is 2. The van der Waals surface area contributed by atoms with E-state index in [0.717, 1.165) is 41.7 Å². The minimum atomic E-state index is -0.130. The molecule has 6 nitrogen and oxygen atoms in total. The van der Waals surface area contributed by atoms with Crippen molar-refractivity contribution in [1.29, 1.82) is 0 Å². The third-order valence-electron chi connectivity index (χ3n) is 6.82. The summed E-state index contributed by atoms with van der Waals surface area (Å²) in [7, 11) is 0. The second kappa shape index (κ2) is 10.9. The van der Waals surface area contributed by atoms with Gasteiger partial charge in [0.1, 0.15) is 23.9 Å². The van der Waals surface area contributed by atoms with Crippen LogP contribution < -0.4 is 15.2 Å². The molecule has 1 saturated heterocycles. The number of ether oxygens (including phenoxy) is 2. The third-order valence-corrected chi connectivity index (χ3v) is 6.82. The lowest BCUT2D eigenvalue weighted by atomic mass is 10.0. The minimum Gasteiger partial charge on any atom is -0.492 e. The van der Waals surface area contributed by atoms with Crippen molar-refractivity contribution < 1.29 is 9.47 Å². The van der Waals surface area contributed by atoms with Crippen molar-refractivity contribution in [2.75, 3.05) is 19.7 Å². The van der Waals surface area contributed by atoms with Gasteiger partial charge in [-0.2, -0.15) is 0 Å². The monoisotopic (exact) mass is 483 g/mol. The lowest BCUT2D eigenvalue weighted by Crippen LogP contribution is -2.36. The molecule has 4 aromatic rings. The van der Waals surface area contributed by atoms with Gasteiger partial charge in [-0.3, -0.25) is 14.0 Å². The summed E-state index contributed by atoms with van der Waals surface area (Å²) in [6.45, 7) is 7.37. The Labute approximate surface area is 212 Å². The third kappa shape index (κ3) is 5.39. The van der Waals surface area contributed by atoms with Crippen LogP contribution in [0, 0.1) is 5.92 Å². The Hall–Kier alpha value is -3.77. The fraction of sp³-hybridized carbons (Fsp3) is 0.300. The molecule has 186 valence electrons. The highest BCUT2D eigenvalue weighted by Crippen LogP contribution is 2.24. The summed E-state index contributed by atoms with van der Waals surface area (Å²) in [5.74, 6) is 2.99. The Morgan fingerprint density at radius 3 is 2.00 bits per heavy atom. The Morgan fingerprint density at radius 2 is 1.39 bits per heavy atom. The fourth-order valence-corrected chi connectivity index (χ4v) is 4.94. The van der Waals surface area contributed by atoms with Crippen LogP contribution in [0.3, 0.4) is 0 Å². The molecule has 0 saturated carbocycles. The number of hydrogen-bond acceptors (Lipinski definition) is 4. The summed E-state index contributed by atoms with van der Waals surface area (Å²) in [6, 6.07) is 25.5. The van der Waals surface area contributed by atoms with Crippen molar-refractivity contribution in [2.45, 2.75) is 32.7 Å². The Balaban J connectivity index is 1.21. The van der Waals surface area contributed by atoms with Crippen LogP contribution in [0.15, 0.2) is 96.1 Å². The van der Waals surface area contributed by atoms with Crippen molar-refractivity contribution in [3.05, 3.63) is 102 Å². The SMILES string of the molecule is CC(C)C1CCCN1CCOc1ccc(-n2ccn(-c3ccc(Oc4ccccc4)cc3)c2=O)cc1. The van der Waals surface area contributed by atoms with Gasteiger partial charge in [0.15, 0.2) is 0 Å². The smallest absolute Gasteiger partial charge is 0.337 e. The Bertz CT molecular complexity index is 1310. The Kier molecular flexibility index (Phi) is 7.23. The minimum absolute atomic E-state index is 0.130.